The van der Waals surface area contributed by atoms with Gasteiger partial charge < -0.3 is 9.15 Å². The highest BCUT2D eigenvalue weighted by molar-refractivity contribution is 5.96. The molecule has 114 valence electrons. The van der Waals surface area contributed by atoms with Crippen molar-refractivity contribution in [2.24, 2.45) is 0 Å². The van der Waals surface area contributed by atoms with Gasteiger partial charge in [-0.05, 0) is 41.5 Å². The molecule has 0 N–H and O–H groups in total. The van der Waals surface area contributed by atoms with Gasteiger partial charge in [-0.1, -0.05) is 30.9 Å². The van der Waals surface area contributed by atoms with E-state index in [1.165, 1.54) is 6.07 Å². The Bertz CT molecular complexity index is 967. The van der Waals surface area contributed by atoms with Crippen molar-refractivity contribution in [3.63, 3.8) is 0 Å². The zero-order valence-corrected chi connectivity index (χ0v) is 12.5. The lowest BCUT2D eigenvalue weighted by Crippen LogP contribution is -2.10. The van der Waals surface area contributed by atoms with Gasteiger partial charge in [0.25, 0.3) is 0 Å². The number of aryl methyl sites for hydroxylation is 1. The molecule has 3 aromatic rings. The highest BCUT2D eigenvalue weighted by Gasteiger charge is 2.11. The summed E-state index contributed by atoms with van der Waals surface area (Å²) in [6.07, 6.45) is 1.75. The second-order valence-electron chi connectivity index (χ2n) is 5.14. The quantitative estimate of drug-likeness (QED) is 0.687. The average Bonchev–Trinajstić information content (AvgIpc) is 2.52. The van der Waals surface area contributed by atoms with E-state index in [9.17, 15) is 9.59 Å². The molecule has 0 bridgehead atoms. The van der Waals surface area contributed by atoms with E-state index in [0.29, 0.717) is 11.3 Å². The van der Waals surface area contributed by atoms with Crippen molar-refractivity contribution >= 4 is 22.8 Å². The number of fused-ring (bicyclic) bond motifs is 1. The molecule has 0 aliphatic heterocycles. The van der Waals surface area contributed by atoms with Crippen LogP contribution >= 0.6 is 0 Å². The number of rotatable bonds is 3. The number of carbonyl (C=O) groups is 1. The maximum Gasteiger partial charge on any atom is 0.343 e. The summed E-state index contributed by atoms with van der Waals surface area (Å²) in [5.41, 5.74) is 0.825. The first kappa shape index (κ1) is 14.8. The van der Waals surface area contributed by atoms with Crippen molar-refractivity contribution in [1.29, 1.82) is 0 Å². The summed E-state index contributed by atoms with van der Waals surface area (Å²) in [5.74, 6) is 0.0269. The Morgan fingerprint density at radius 1 is 1.09 bits per heavy atom. The van der Waals surface area contributed by atoms with E-state index in [2.05, 4.69) is 6.58 Å². The molecule has 2 aromatic carbocycles. The third kappa shape index (κ3) is 3.21. The lowest BCUT2D eigenvalue weighted by molar-refractivity contribution is 0.0734. The number of carbonyl (C=O) groups excluding carboxylic acids is 1. The molecule has 0 atom stereocenters. The van der Waals surface area contributed by atoms with Crippen LogP contribution in [0.4, 0.5) is 0 Å². The van der Waals surface area contributed by atoms with Gasteiger partial charge in [0.15, 0.2) is 0 Å². The topological polar surface area (TPSA) is 56.5 Å². The summed E-state index contributed by atoms with van der Waals surface area (Å²) >= 11 is 0. The molecule has 0 unspecified atom stereocenters. The van der Waals surface area contributed by atoms with E-state index in [-0.39, 0.29) is 5.75 Å². The van der Waals surface area contributed by atoms with Crippen LogP contribution in [0.1, 0.15) is 21.7 Å². The molecule has 0 aliphatic rings. The van der Waals surface area contributed by atoms with E-state index in [0.717, 1.165) is 22.4 Å². The van der Waals surface area contributed by atoms with Crippen LogP contribution in [-0.2, 0) is 0 Å². The molecule has 0 amide bonds. The van der Waals surface area contributed by atoms with Crippen molar-refractivity contribution in [1.82, 2.24) is 0 Å². The summed E-state index contributed by atoms with van der Waals surface area (Å²) in [7, 11) is 0. The normalized spacial score (nSPS) is 10.5. The third-order valence-corrected chi connectivity index (χ3v) is 3.41. The Morgan fingerprint density at radius 3 is 2.61 bits per heavy atom. The van der Waals surface area contributed by atoms with E-state index in [1.807, 2.05) is 24.3 Å². The number of esters is 1. The highest BCUT2D eigenvalue weighted by Crippen LogP contribution is 2.20. The molecule has 0 spiro atoms. The predicted molar refractivity (Wildman–Crippen MR) is 88.7 cm³/mol. The minimum atomic E-state index is -0.554. The minimum absolute atomic E-state index is 0.170. The molecule has 0 fully saturated rings. The summed E-state index contributed by atoms with van der Waals surface area (Å²) in [6, 6.07) is 13.8. The van der Waals surface area contributed by atoms with Crippen molar-refractivity contribution < 1.29 is 13.9 Å². The molecule has 0 saturated carbocycles. The van der Waals surface area contributed by atoms with Crippen molar-refractivity contribution in [2.75, 3.05) is 0 Å². The standard InChI is InChI=1S/C19H14O4/c1-3-13-4-5-14-6-7-15(10-16(14)9-13)19(21)23-17-8-12(2)22-18(20)11-17/h3-11H,1H2,2H3. The number of hydrogen-bond acceptors (Lipinski definition) is 4. The van der Waals surface area contributed by atoms with E-state index in [1.54, 1.807) is 25.1 Å². The van der Waals surface area contributed by atoms with Crippen molar-refractivity contribution in [3.05, 3.63) is 82.4 Å². The number of hydrogen-bond donors (Lipinski definition) is 0. The summed E-state index contributed by atoms with van der Waals surface area (Å²) in [6.45, 7) is 5.35. The zero-order valence-electron chi connectivity index (χ0n) is 12.5. The van der Waals surface area contributed by atoms with Crippen LogP contribution in [0.5, 0.6) is 5.75 Å². The molecule has 23 heavy (non-hydrogen) atoms. The van der Waals surface area contributed by atoms with Crippen LogP contribution in [0.25, 0.3) is 16.8 Å². The molecule has 0 saturated heterocycles. The van der Waals surface area contributed by atoms with E-state index < -0.39 is 11.6 Å². The average molecular weight is 306 g/mol. The van der Waals surface area contributed by atoms with E-state index in [4.69, 9.17) is 9.15 Å². The molecule has 1 aromatic heterocycles. The van der Waals surface area contributed by atoms with Gasteiger partial charge in [-0.15, -0.1) is 0 Å². The van der Waals surface area contributed by atoms with Gasteiger partial charge in [-0.2, -0.15) is 0 Å². The van der Waals surface area contributed by atoms with Crippen LogP contribution in [0.3, 0.4) is 0 Å². The Balaban J connectivity index is 1.93. The number of benzene rings is 2. The Hall–Kier alpha value is -3.14. The van der Waals surface area contributed by atoms with Crippen LogP contribution in [0.2, 0.25) is 0 Å². The van der Waals surface area contributed by atoms with Gasteiger partial charge in [0.1, 0.15) is 11.5 Å². The molecular formula is C19H14O4. The highest BCUT2D eigenvalue weighted by atomic mass is 16.5. The van der Waals surface area contributed by atoms with Crippen LogP contribution < -0.4 is 10.4 Å². The van der Waals surface area contributed by atoms with Gasteiger partial charge in [0.05, 0.1) is 11.6 Å². The summed E-state index contributed by atoms with van der Waals surface area (Å²) in [5, 5.41) is 1.93. The van der Waals surface area contributed by atoms with Crippen LogP contribution in [0, 0.1) is 6.92 Å². The first-order chi connectivity index (χ1) is 11.0. The molecule has 1 heterocycles. The first-order valence-corrected chi connectivity index (χ1v) is 7.05. The predicted octanol–water partition coefficient (Wildman–Crippen LogP) is 3.96. The molecule has 3 rings (SSSR count). The Labute approximate surface area is 132 Å². The summed E-state index contributed by atoms with van der Waals surface area (Å²) < 4.78 is 10.1. The molecule has 0 radical (unpaired) electrons. The van der Waals surface area contributed by atoms with Gasteiger partial charge in [0.2, 0.25) is 0 Å². The zero-order chi connectivity index (χ0) is 16.4. The Kier molecular flexibility index (Phi) is 3.81. The SMILES string of the molecule is C=Cc1ccc2ccc(C(=O)Oc3cc(C)oc(=O)c3)cc2c1. The fraction of sp³-hybridized carbons (Fsp3) is 0.0526. The maximum absolute atomic E-state index is 12.3. The van der Waals surface area contributed by atoms with Crippen LogP contribution in [-0.4, -0.2) is 5.97 Å². The lowest BCUT2D eigenvalue weighted by atomic mass is 10.0. The smallest absolute Gasteiger partial charge is 0.343 e. The van der Waals surface area contributed by atoms with Gasteiger partial charge in [-0.3, -0.25) is 0 Å². The first-order valence-electron chi connectivity index (χ1n) is 7.05. The second-order valence-corrected chi connectivity index (χ2v) is 5.14. The van der Waals surface area contributed by atoms with Gasteiger partial charge in [0, 0.05) is 6.07 Å². The monoisotopic (exact) mass is 306 g/mol. The van der Waals surface area contributed by atoms with Crippen molar-refractivity contribution in [3.8, 4) is 5.75 Å². The third-order valence-electron chi connectivity index (χ3n) is 3.41. The Morgan fingerprint density at radius 2 is 1.87 bits per heavy atom. The molecule has 0 aliphatic carbocycles. The van der Waals surface area contributed by atoms with Crippen LogP contribution in [0.15, 0.2) is 64.3 Å². The molecule has 4 nitrogen and oxygen atoms in total. The largest absolute Gasteiger partial charge is 0.428 e. The molecule has 4 heteroatoms. The number of ether oxygens (including phenoxy) is 1. The van der Waals surface area contributed by atoms with Crippen molar-refractivity contribution in [2.45, 2.75) is 6.92 Å². The molecular weight excluding hydrogens is 292 g/mol. The lowest BCUT2D eigenvalue weighted by Gasteiger charge is -2.06. The summed E-state index contributed by atoms with van der Waals surface area (Å²) in [4.78, 5) is 23.6. The maximum atomic E-state index is 12.3. The second kappa shape index (κ2) is 5.93. The fourth-order valence-electron chi connectivity index (χ4n) is 2.32. The van der Waals surface area contributed by atoms with Gasteiger partial charge >= 0.3 is 11.6 Å². The van der Waals surface area contributed by atoms with E-state index >= 15 is 0 Å². The fourth-order valence-corrected chi connectivity index (χ4v) is 2.32. The van der Waals surface area contributed by atoms with Gasteiger partial charge in [-0.25, -0.2) is 9.59 Å². The minimum Gasteiger partial charge on any atom is -0.428 e.